The van der Waals surface area contributed by atoms with E-state index >= 15 is 0 Å². The number of halogens is 1. The van der Waals surface area contributed by atoms with E-state index in [-0.39, 0.29) is 30.4 Å². The minimum atomic E-state index is -3.46. The number of aromatic nitrogens is 1. The van der Waals surface area contributed by atoms with Crippen molar-refractivity contribution in [2.45, 2.75) is 39.9 Å². The van der Waals surface area contributed by atoms with Gasteiger partial charge < -0.3 is 14.6 Å². The number of benzene rings is 1. The zero-order chi connectivity index (χ0) is 22.1. The number of morpholine rings is 1. The fourth-order valence-electron chi connectivity index (χ4n) is 3.86. The van der Waals surface area contributed by atoms with Crippen LogP contribution in [0.1, 0.15) is 35.6 Å². The van der Waals surface area contributed by atoms with E-state index in [1.807, 2.05) is 62.6 Å². The van der Waals surface area contributed by atoms with E-state index in [1.54, 1.807) is 0 Å². The van der Waals surface area contributed by atoms with Gasteiger partial charge in [-0.2, -0.15) is 4.31 Å². The lowest BCUT2D eigenvalue weighted by molar-refractivity contribution is -0.0440. The quantitative estimate of drug-likeness (QED) is 0.664. The van der Waals surface area contributed by atoms with Gasteiger partial charge in [0.15, 0.2) is 0 Å². The molecular weight excluding hydrogens is 470 g/mol. The fourth-order valence-corrected chi connectivity index (χ4v) is 5.61. The first-order valence-electron chi connectivity index (χ1n) is 9.95. The average Bonchev–Trinajstić information content (AvgIpc) is 2.96. The minimum Gasteiger partial charge on any atom is -0.373 e. The molecule has 0 radical (unpaired) electrons. The standard InChI is InChI=1S/C21H28BrN3O4S/c1-14-11-20(17(4)25(14)19-7-5-18(22)6-8-19)21(26)23-9-10-30(27,28)24-12-15(2)29-16(3)13-24/h5-8,11,15-16H,9-10,12-13H2,1-4H3,(H,23,26). The molecule has 164 valence electrons. The number of nitrogens with one attached hydrogen (secondary N) is 1. The van der Waals surface area contributed by atoms with Gasteiger partial charge in [0.2, 0.25) is 10.0 Å². The van der Waals surface area contributed by atoms with Gasteiger partial charge in [-0.25, -0.2) is 8.42 Å². The predicted octanol–water partition coefficient (Wildman–Crippen LogP) is 3.03. The molecule has 2 unspecified atom stereocenters. The molecule has 3 rings (SSSR count). The van der Waals surface area contributed by atoms with Crippen LogP contribution in [0.5, 0.6) is 0 Å². The van der Waals surface area contributed by atoms with Gasteiger partial charge in [0.25, 0.3) is 5.91 Å². The van der Waals surface area contributed by atoms with Crippen LogP contribution < -0.4 is 5.32 Å². The molecular formula is C21H28BrN3O4S. The van der Waals surface area contributed by atoms with Crippen LogP contribution in [-0.4, -0.2) is 60.8 Å². The second kappa shape index (κ2) is 9.21. The lowest BCUT2D eigenvalue weighted by Crippen LogP contribution is -2.49. The fraction of sp³-hybridized carbons (Fsp3) is 0.476. The van der Waals surface area contributed by atoms with Crippen LogP contribution in [0, 0.1) is 13.8 Å². The molecule has 2 atom stereocenters. The summed E-state index contributed by atoms with van der Waals surface area (Å²) in [6, 6.07) is 9.68. The molecule has 1 N–H and O–H groups in total. The van der Waals surface area contributed by atoms with Crippen molar-refractivity contribution in [2.24, 2.45) is 0 Å². The number of carbonyl (C=O) groups excluding carboxylic acids is 1. The number of aryl methyl sites for hydroxylation is 1. The summed E-state index contributed by atoms with van der Waals surface area (Å²) in [5.41, 5.74) is 3.25. The Balaban J connectivity index is 1.65. The summed E-state index contributed by atoms with van der Waals surface area (Å²) in [6.45, 7) is 8.30. The molecule has 2 aromatic rings. The van der Waals surface area contributed by atoms with Crippen molar-refractivity contribution in [3.8, 4) is 5.69 Å². The molecule has 2 heterocycles. The summed E-state index contributed by atoms with van der Waals surface area (Å²) < 4.78 is 35.3. The zero-order valence-electron chi connectivity index (χ0n) is 17.7. The number of nitrogens with zero attached hydrogens (tertiary/aromatic N) is 2. The molecule has 1 aliphatic heterocycles. The number of ether oxygens (including phenoxy) is 1. The zero-order valence-corrected chi connectivity index (χ0v) is 20.1. The molecule has 1 fully saturated rings. The molecule has 1 aromatic carbocycles. The number of carbonyl (C=O) groups is 1. The monoisotopic (exact) mass is 497 g/mol. The summed E-state index contributed by atoms with van der Waals surface area (Å²) in [7, 11) is -3.46. The highest BCUT2D eigenvalue weighted by atomic mass is 79.9. The smallest absolute Gasteiger partial charge is 0.253 e. The third kappa shape index (κ3) is 5.14. The predicted molar refractivity (Wildman–Crippen MR) is 121 cm³/mol. The van der Waals surface area contributed by atoms with Crippen LogP contribution in [0.4, 0.5) is 0 Å². The molecule has 1 amide bonds. The Kier molecular flexibility index (Phi) is 7.06. The largest absolute Gasteiger partial charge is 0.373 e. The van der Waals surface area contributed by atoms with E-state index in [4.69, 9.17) is 4.74 Å². The van der Waals surface area contributed by atoms with Gasteiger partial charge in [0.1, 0.15) is 0 Å². The summed E-state index contributed by atoms with van der Waals surface area (Å²) in [6.07, 6.45) is -0.274. The summed E-state index contributed by atoms with van der Waals surface area (Å²) in [4.78, 5) is 12.7. The van der Waals surface area contributed by atoms with Gasteiger partial charge >= 0.3 is 0 Å². The topological polar surface area (TPSA) is 80.6 Å². The Morgan fingerprint density at radius 1 is 1.17 bits per heavy atom. The first-order valence-corrected chi connectivity index (χ1v) is 12.3. The second-order valence-corrected chi connectivity index (χ2v) is 10.7. The van der Waals surface area contributed by atoms with Crippen LogP contribution in [0.25, 0.3) is 5.69 Å². The molecule has 0 spiro atoms. The van der Waals surface area contributed by atoms with Crippen LogP contribution in [0.15, 0.2) is 34.8 Å². The number of sulfonamides is 1. The van der Waals surface area contributed by atoms with Crippen LogP contribution >= 0.6 is 15.9 Å². The van der Waals surface area contributed by atoms with Crippen molar-refractivity contribution in [3.63, 3.8) is 0 Å². The maximum Gasteiger partial charge on any atom is 0.253 e. The molecule has 9 heteroatoms. The number of hydrogen-bond acceptors (Lipinski definition) is 4. The normalized spacial score (nSPS) is 20.3. The average molecular weight is 498 g/mol. The van der Waals surface area contributed by atoms with Gasteiger partial charge in [-0.05, 0) is 58.0 Å². The highest BCUT2D eigenvalue weighted by molar-refractivity contribution is 9.10. The van der Waals surface area contributed by atoms with E-state index in [9.17, 15) is 13.2 Å². The van der Waals surface area contributed by atoms with E-state index in [2.05, 4.69) is 21.2 Å². The Hall–Kier alpha value is -1.68. The van der Waals surface area contributed by atoms with Crippen molar-refractivity contribution in [3.05, 3.63) is 51.8 Å². The SMILES string of the molecule is Cc1cc(C(=O)NCCS(=O)(=O)N2CC(C)OC(C)C2)c(C)n1-c1ccc(Br)cc1. The van der Waals surface area contributed by atoms with Crippen molar-refractivity contribution in [1.29, 1.82) is 0 Å². The van der Waals surface area contributed by atoms with Crippen molar-refractivity contribution in [1.82, 2.24) is 14.2 Å². The lowest BCUT2D eigenvalue weighted by atomic mass is 10.2. The Labute approximate surface area is 186 Å². The third-order valence-electron chi connectivity index (χ3n) is 5.19. The van der Waals surface area contributed by atoms with Crippen LogP contribution in [0.3, 0.4) is 0 Å². The van der Waals surface area contributed by atoms with Crippen LogP contribution in [0.2, 0.25) is 0 Å². The molecule has 0 aliphatic carbocycles. The lowest BCUT2D eigenvalue weighted by Gasteiger charge is -2.34. The van der Waals surface area contributed by atoms with Gasteiger partial charge in [-0.3, -0.25) is 4.79 Å². The van der Waals surface area contributed by atoms with E-state index in [1.165, 1.54) is 4.31 Å². The molecule has 1 aromatic heterocycles. The van der Waals surface area contributed by atoms with Gasteiger partial charge in [-0.15, -0.1) is 0 Å². The van der Waals surface area contributed by atoms with E-state index in [0.717, 1.165) is 21.5 Å². The van der Waals surface area contributed by atoms with Crippen LogP contribution in [-0.2, 0) is 14.8 Å². The Morgan fingerprint density at radius 3 is 2.37 bits per heavy atom. The number of hydrogen-bond donors (Lipinski definition) is 1. The maximum atomic E-state index is 12.7. The van der Waals surface area contributed by atoms with Crippen molar-refractivity contribution < 1.29 is 17.9 Å². The number of rotatable bonds is 6. The molecule has 0 bridgehead atoms. The minimum absolute atomic E-state index is 0.0588. The van der Waals surface area contributed by atoms with E-state index < -0.39 is 10.0 Å². The summed E-state index contributed by atoms with van der Waals surface area (Å²) in [5, 5.41) is 2.76. The van der Waals surface area contributed by atoms with E-state index in [0.29, 0.717) is 18.7 Å². The third-order valence-corrected chi connectivity index (χ3v) is 7.52. The molecule has 1 saturated heterocycles. The molecule has 7 nitrogen and oxygen atoms in total. The molecule has 0 saturated carbocycles. The Morgan fingerprint density at radius 2 is 1.77 bits per heavy atom. The van der Waals surface area contributed by atoms with Crippen molar-refractivity contribution in [2.75, 3.05) is 25.4 Å². The first kappa shape index (κ1) is 23.0. The summed E-state index contributed by atoms with van der Waals surface area (Å²) in [5.74, 6) is -0.408. The van der Waals surface area contributed by atoms with Gasteiger partial charge in [0, 0.05) is 41.2 Å². The second-order valence-electron chi connectivity index (χ2n) is 7.74. The highest BCUT2D eigenvalue weighted by Gasteiger charge is 2.30. The Bertz CT molecular complexity index is 1010. The summed E-state index contributed by atoms with van der Waals surface area (Å²) >= 11 is 3.43. The first-order chi connectivity index (χ1) is 14.1. The van der Waals surface area contributed by atoms with Gasteiger partial charge in [-0.1, -0.05) is 15.9 Å². The van der Waals surface area contributed by atoms with Gasteiger partial charge in [0.05, 0.1) is 23.5 Å². The number of amides is 1. The highest BCUT2D eigenvalue weighted by Crippen LogP contribution is 2.22. The molecule has 1 aliphatic rings. The molecule has 30 heavy (non-hydrogen) atoms. The maximum absolute atomic E-state index is 12.7. The van der Waals surface area contributed by atoms with Crippen molar-refractivity contribution >= 4 is 31.9 Å².